The molecular formula is C11H18N4O. The molecule has 1 saturated heterocycles. The van der Waals surface area contributed by atoms with Crippen LogP contribution in [-0.4, -0.2) is 46.5 Å². The van der Waals surface area contributed by atoms with Crippen molar-refractivity contribution < 1.29 is 4.79 Å². The predicted octanol–water partition coefficient (Wildman–Crippen LogP) is 0.244. The SMILES string of the molecule is CN(C(=O)c1cn(C)cn1)C1CCNCC1. The topological polar surface area (TPSA) is 50.2 Å². The Morgan fingerprint density at radius 2 is 2.25 bits per heavy atom. The summed E-state index contributed by atoms with van der Waals surface area (Å²) in [6.45, 7) is 1.98. The first-order valence-electron chi connectivity index (χ1n) is 5.64. The summed E-state index contributed by atoms with van der Waals surface area (Å²) in [5.74, 6) is 0.0208. The summed E-state index contributed by atoms with van der Waals surface area (Å²) < 4.78 is 1.80. The van der Waals surface area contributed by atoms with Crippen LogP contribution in [0.1, 0.15) is 23.3 Å². The molecule has 1 aromatic rings. The Labute approximate surface area is 95.5 Å². The molecule has 0 aliphatic carbocycles. The number of rotatable bonds is 2. The zero-order valence-electron chi connectivity index (χ0n) is 9.81. The highest BCUT2D eigenvalue weighted by Gasteiger charge is 2.23. The van der Waals surface area contributed by atoms with Crippen LogP contribution >= 0.6 is 0 Å². The number of hydrogen-bond acceptors (Lipinski definition) is 3. The first-order valence-corrected chi connectivity index (χ1v) is 5.64. The summed E-state index contributed by atoms with van der Waals surface area (Å²) >= 11 is 0. The molecule has 0 bridgehead atoms. The largest absolute Gasteiger partial charge is 0.340 e. The van der Waals surface area contributed by atoms with Crippen LogP contribution in [0.5, 0.6) is 0 Å². The van der Waals surface area contributed by atoms with Crippen molar-refractivity contribution in [1.29, 1.82) is 0 Å². The van der Waals surface area contributed by atoms with Crippen LogP contribution in [0.2, 0.25) is 0 Å². The minimum absolute atomic E-state index is 0.0208. The molecule has 1 aromatic heterocycles. The van der Waals surface area contributed by atoms with Crippen molar-refractivity contribution in [2.24, 2.45) is 7.05 Å². The number of nitrogens with one attached hydrogen (secondary N) is 1. The average molecular weight is 222 g/mol. The molecule has 1 aliphatic rings. The van der Waals surface area contributed by atoms with Crippen LogP contribution < -0.4 is 5.32 Å². The van der Waals surface area contributed by atoms with Gasteiger partial charge in [-0.3, -0.25) is 4.79 Å². The van der Waals surface area contributed by atoms with E-state index in [4.69, 9.17) is 0 Å². The molecule has 1 amide bonds. The standard InChI is InChI=1S/C11H18N4O/c1-14-7-10(13-8-14)11(16)15(2)9-3-5-12-6-4-9/h7-9,12H,3-6H2,1-2H3. The second kappa shape index (κ2) is 4.65. The highest BCUT2D eigenvalue weighted by Crippen LogP contribution is 2.12. The average Bonchev–Trinajstić information content (AvgIpc) is 2.75. The summed E-state index contributed by atoms with van der Waals surface area (Å²) in [5, 5.41) is 3.29. The molecule has 5 nitrogen and oxygen atoms in total. The second-order valence-electron chi connectivity index (χ2n) is 4.32. The van der Waals surface area contributed by atoms with Crippen molar-refractivity contribution in [3.63, 3.8) is 0 Å². The predicted molar refractivity (Wildman–Crippen MR) is 61.2 cm³/mol. The van der Waals surface area contributed by atoms with Gasteiger partial charge in [0.1, 0.15) is 5.69 Å². The van der Waals surface area contributed by atoms with Gasteiger partial charge in [0, 0.05) is 26.3 Å². The zero-order valence-corrected chi connectivity index (χ0v) is 9.81. The molecule has 2 heterocycles. The van der Waals surface area contributed by atoms with E-state index in [2.05, 4.69) is 10.3 Å². The Morgan fingerprint density at radius 3 is 2.81 bits per heavy atom. The number of carbonyl (C=O) groups excluding carboxylic acids is 1. The molecule has 0 atom stereocenters. The fourth-order valence-corrected chi connectivity index (χ4v) is 2.06. The number of imidazole rings is 1. The third-order valence-electron chi connectivity index (χ3n) is 3.10. The highest BCUT2D eigenvalue weighted by atomic mass is 16.2. The monoisotopic (exact) mass is 222 g/mol. The first-order chi connectivity index (χ1) is 7.68. The minimum atomic E-state index is 0.0208. The van der Waals surface area contributed by atoms with Gasteiger partial charge in [0.25, 0.3) is 5.91 Å². The Kier molecular flexibility index (Phi) is 3.24. The third-order valence-corrected chi connectivity index (χ3v) is 3.10. The molecule has 0 aromatic carbocycles. The van der Waals surface area contributed by atoms with Gasteiger partial charge in [-0.25, -0.2) is 4.98 Å². The third kappa shape index (κ3) is 2.24. The number of hydrogen-bond donors (Lipinski definition) is 1. The van der Waals surface area contributed by atoms with Gasteiger partial charge in [-0.15, -0.1) is 0 Å². The maximum atomic E-state index is 12.1. The van der Waals surface area contributed by atoms with Crippen LogP contribution in [0.15, 0.2) is 12.5 Å². The smallest absolute Gasteiger partial charge is 0.274 e. The molecule has 0 unspecified atom stereocenters. The van der Waals surface area contributed by atoms with Crippen LogP contribution in [0.4, 0.5) is 0 Å². The van der Waals surface area contributed by atoms with Crippen LogP contribution in [-0.2, 0) is 7.05 Å². The molecule has 1 N–H and O–H groups in total. The van der Waals surface area contributed by atoms with E-state index in [9.17, 15) is 4.79 Å². The Hall–Kier alpha value is -1.36. The fourth-order valence-electron chi connectivity index (χ4n) is 2.06. The molecule has 0 radical (unpaired) electrons. The van der Waals surface area contributed by atoms with Crippen molar-refractivity contribution >= 4 is 5.91 Å². The molecule has 5 heteroatoms. The molecule has 2 rings (SSSR count). The van der Waals surface area contributed by atoms with Gasteiger partial charge < -0.3 is 14.8 Å². The minimum Gasteiger partial charge on any atom is -0.340 e. The molecule has 0 saturated carbocycles. The number of carbonyl (C=O) groups is 1. The summed E-state index contributed by atoms with van der Waals surface area (Å²) in [4.78, 5) is 18.0. The van der Waals surface area contributed by atoms with E-state index in [1.165, 1.54) is 0 Å². The van der Waals surface area contributed by atoms with E-state index in [1.807, 2.05) is 19.0 Å². The van der Waals surface area contributed by atoms with E-state index in [0.717, 1.165) is 25.9 Å². The van der Waals surface area contributed by atoms with Gasteiger partial charge in [0.2, 0.25) is 0 Å². The maximum absolute atomic E-state index is 12.1. The van der Waals surface area contributed by atoms with Gasteiger partial charge in [0.05, 0.1) is 6.33 Å². The van der Waals surface area contributed by atoms with Gasteiger partial charge in [-0.2, -0.15) is 0 Å². The Bertz CT molecular complexity index is 368. The van der Waals surface area contributed by atoms with Crippen molar-refractivity contribution in [2.75, 3.05) is 20.1 Å². The molecule has 16 heavy (non-hydrogen) atoms. The van der Waals surface area contributed by atoms with Crippen LogP contribution in [0.3, 0.4) is 0 Å². The molecule has 88 valence electrons. The summed E-state index contributed by atoms with van der Waals surface area (Å²) in [5.41, 5.74) is 0.531. The lowest BCUT2D eigenvalue weighted by atomic mass is 10.1. The van der Waals surface area contributed by atoms with E-state index in [-0.39, 0.29) is 5.91 Å². The number of nitrogens with zero attached hydrogens (tertiary/aromatic N) is 3. The summed E-state index contributed by atoms with van der Waals surface area (Å²) in [6, 6.07) is 0.343. The van der Waals surface area contributed by atoms with Crippen LogP contribution in [0, 0.1) is 0 Å². The molecular weight excluding hydrogens is 204 g/mol. The van der Waals surface area contributed by atoms with Gasteiger partial charge in [0.15, 0.2) is 0 Å². The van der Waals surface area contributed by atoms with Crippen LogP contribution in [0.25, 0.3) is 0 Å². The fraction of sp³-hybridized carbons (Fsp3) is 0.636. The van der Waals surface area contributed by atoms with E-state index in [1.54, 1.807) is 17.1 Å². The van der Waals surface area contributed by atoms with Crippen molar-refractivity contribution in [3.05, 3.63) is 18.2 Å². The molecule has 0 spiro atoms. The highest BCUT2D eigenvalue weighted by molar-refractivity contribution is 5.92. The van der Waals surface area contributed by atoms with Gasteiger partial charge in [-0.05, 0) is 25.9 Å². The normalized spacial score (nSPS) is 17.4. The van der Waals surface area contributed by atoms with E-state index >= 15 is 0 Å². The Morgan fingerprint density at radius 1 is 1.56 bits per heavy atom. The lowest BCUT2D eigenvalue weighted by molar-refractivity contribution is 0.0697. The number of aryl methyl sites for hydroxylation is 1. The van der Waals surface area contributed by atoms with Gasteiger partial charge in [-0.1, -0.05) is 0 Å². The number of piperidine rings is 1. The number of aromatic nitrogens is 2. The van der Waals surface area contributed by atoms with Crippen molar-refractivity contribution in [1.82, 2.24) is 19.8 Å². The quantitative estimate of drug-likeness (QED) is 0.780. The maximum Gasteiger partial charge on any atom is 0.274 e. The van der Waals surface area contributed by atoms with Crippen molar-refractivity contribution in [3.8, 4) is 0 Å². The number of amides is 1. The Balaban J connectivity index is 2.03. The molecule has 1 aliphatic heterocycles. The second-order valence-corrected chi connectivity index (χ2v) is 4.32. The summed E-state index contributed by atoms with van der Waals surface area (Å²) in [7, 11) is 3.74. The molecule has 1 fully saturated rings. The first kappa shape index (κ1) is 11.1. The zero-order chi connectivity index (χ0) is 11.5. The van der Waals surface area contributed by atoms with Gasteiger partial charge >= 0.3 is 0 Å². The lowest BCUT2D eigenvalue weighted by Crippen LogP contribution is -2.44. The lowest BCUT2D eigenvalue weighted by Gasteiger charge is -2.31. The summed E-state index contributed by atoms with van der Waals surface area (Å²) in [6.07, 6.45) is 5.47. The van der Waals surface area contributed by atoms with E-state index in [0.29, 0.717) is 11.7 Å². The van der Waals surface area contributed by atoms with E-state index < -0.39 is 0 Å². The van der Waals surface area contributed by atoms with Crippen molar-refractivity contribution in [2.45, 2.75) is 18.9 Å².